The van der Waals surface area contributed by atoms with Gasteiger partial charge in [-0.3, -0.25) is 0 Å². The van der Waals surface area contributed by atoms with Gasteiger partial charge in [-0.15, -0.1) is 0 Å². The van der Waals surface area contributed by atoms with E-state index >= 15 is 0 Å². The van der Waals surface area contributed by atoms with Crippen LogP contribution < -0.4 is 0 Å². The summed E-state index contributed by atoms with van der Waals surface area (Å²) >= 11 is -0.260. The van der Waals surface area contributed by atoms with E-state index in [2.05, 4.69) is 3.92 Å². The Morgan fingerprint density at radius 2 is 2.43 bits per heavy atom. The first kappa shape index (κ1) is 10.4. The zero-order chi connectivity index (χ0) is 4.83. The Hall–Kier alpha value is 0.409. The molecule has 0 rings (SSSR count). The second kappa shape index (κ2) is 9.65. The fourth-order valence-corrected chi connectivity index (χ4v) is 0.114. The molecule has 6 heteroatoms. The zero-order valence-corrected chi connectivity index (χ0v) is 3.67. The van der Waals surface area contributed by atoms with Crippen LogP contribution in [0, 0.1) is 15.1 Å². The average molecular weight is 152 g/mol. The molecule has 0 aliphatic heterocycles. The van der Waals surface area contributed by atoms with E-state index in [0.717, 1.165) is 0 Å². The summed E-state index contributed by atoms with van der Waals surface area (Å²) in [6.45, 7) is 0. The molecule has 0 radical (unpaired) electrons. The van der Waals surface area contributed by atoms with Crippen LogP contribution in [0.25, 0.3) is 0 Å². The van der Waals surface area contributed by atoms with Crippen LogP contribution >= 0.6 is 0 Å². The standard InChI is InChI=1S/CN.Fe.HNO2.Na.H/c1-2;;2-1-3;;/h;;(H,2,3);;/q;+1;;;/p-1. The van der Waals surface area contributed by atoms with E-state index in [9.17, 15) is 0 Å². The van der Waals surface area contributed by atoms with Gasteiger partial charge in [0.1, 0.15) is 0 Å². The Kier molecular flexibility index (Phi) is 14.3. The summed E-state index contributed by atoms with van der Waals surface area (Å²) in [7, 11) is 0. The van der Waals surface area contributed by atoms with Crippen molar-refractivity contribution < 1.29 is 19.2 Å². The van der Waals surface area contributed by atoms with Crippen molar-refractivity contribution >= 4 is 29.6 Å². The molecule has 0 aliphatic rings. The maximum absolute atomic E-state index is 8.94. The van der Waals surface area contributed by atoms with E-state index in [1.807, 2.05) is 5.34 Å². The van der Waals surface area contributed by atoms with Gasteiger partial charge in [0.25, 0.3) is 0 Å². The third-order valence-electron chi connectivity index (χ3n) is 0.0909. The second-order valence-electron chi connectivity index (χ2n) is 0.290. The number of nitrogens with zero attached hydrogens (tertiary/aromatic N) is 2. The van der Waals surface area contributed by atoms with Crippen LogP contribution in [0.15, 0.2) is 5.34 Å². The van der Waals surface area contributed by atoms with Gasteiger partial charge in [-0.1, -0.05) is 0 Å². The first-order valence-corrected chi connectivity index (χ1v) is 1.91. The van der Waals surface area contributed by atoms with Gasteiger partial charge in [0, 0.05) is 0 Å². The Balaban J connectivity index is 0. The molecule has 4 nitrogen and oxygen atoms in total. The summed E-state index contributed by atoms with van der Waals surface area (Å²) in [5.41, 5.74) is 0. The molecule has 0 fully saturated rings. The van der Waals surface area contributed by atoms with Gasteiger partial charge in [0.15, 0.2) is 0 Å². The van der Waals surface area contributed by atoms with E-state index in [1.54, 1.807) is 4.97 Å². The van der Waals surface area contributed by atoms with Crippen LogP contribution in [0.5, 0.6) is 0 Å². The van der Waals surface area contributed by atoms with Gasteiger partial charge in [0.2, 0.25) is 0 Å². The summed E-state index contributed by atoms with van der Waals surface area (Å²) in [6.07, 6.45) is 0. The zero-order valence-electron chi connectivity index (χ0n) is 2.56. The third-order valence-corrected chi connectivity index (χ3v) is 0.375. The first-order chi connectivity index (χ1) is 2.91. The van der Waals surface area contributed by atoms with E-state index in [1.165, 1.54) is 0 Å². The number of nitriles is 1. The molecule has 7 heavy (non-hydrogen) atoms. The van der Waals surface area contributed by atoms with Crippen LogP contribution in [0.4, 0.5) is 0 Å². The van der Waals surface area contributed by atoms with Crippen LogP contribution in [0.2, 0.25) is 0 Å². The van der Waals surface area contributed by atoms with Crippen molar-refractivity contribution in [2.45, 2.75) is 0 Å². The normalized spacial score (nSPS) is 5.57. The predicted molar refractivity (Wildman–Crippen MR) is 19.6 cm³/mol. The van der Waals surface area contributed by atoms with Gasteiger partial charge in [0.05, 0.1) is 0 Å². The van der Waals surface area contributed by atoms with Gasteiger partial charge in [-0.25, -0.2) is 0 Å². The molecule has 0 spiro atoms. The Morgan fingerprint density at radius 3 is 2.57 bits per heavy atom. The van der Waals surface area contributed by atoms with Crippen molar-refractivity contribution in [2.75, 3.05) is 0 Å². The Morgan fingerprint density at radius 1 is 1.86 bits per heavy atom. The molecule has 0 aromatic carbocycles. The minimum atomic E-state index is -0.260. The first-order valence-electron chi connectivity index (χ1n) is 0.910. The van der Waals surface area contributed by atoms with Crippen molar-refractivity contribution in [3.63, 3.8) is 0 Å². The molecule has 0 aromatic rings. The maximum atomic E-state index is 8.94. The molecule has 0 N–H and O–H groups in total. The van der Waals surface area contributed by atoms with Crippen molar-refractivity contribution in [1.29, 1.82) is 5.26 Å². The molecule has 0 saturated carbocycles. The second-order valence-corrected chi connectivity index (χ2v) is 0.964. The minimum absolute atomic E-state index is 0. The predicted octanol–water partition coefficient (Wildman–Crippen LogP) is -0.486. The molecule has 0 aromatic heterocycles. The topological polar surface area (TPSA) is 62.4 Å². The molecule has 0 atom stereocenters. The Labute approximate surface area is 68.9 Å². The molecule has 36 valence electrons. The van der Waals surface area contributed by atoms with E-state index in [-0.39, 0.29) is 44.8 Å². The number of hydrogen-bond donors (Lipinski definition) is 0. The van der Waals surface area contributed by atoms with E-state index in [0.29, 0.717) is 0 Å². The SMILES string of the molecule is N#[C][Fe][O]N=O.[NaH]. The van der Waals surface area contributed by atoms with Crippen molar-refractivity contribution in [1.82, 2.24) is 0 Å². The van der Waals surface area contributed by atoms with Gasteiger partial charge < -0.3 is 0 Å². The molecule has 0 bridgehead atoms. The average Bonchev–Trinajstić information content (AvgIpc) is 1.61. The molecular formula is CHFeN2NaO2. The van der Waals surface area contributed by atoms with Gasteiger partial charge in [-0.2, -0.15) is 0 Å². The van der Waals surface area contributed by atoms with Crippen LogP contribution in [-0.2, 0) is 19.2 Å². The van der Waals surface area contributed by atoms with Crippen molar-refractivity contribution in [3.8, 4) is 4.97 Å². The van der Waals surface area contributed by atoms with Gasteiger partial charge in [-0.05, 0) is 0 Å². The fraction of sp³-hybridized carbons (Fsp3) is 0. The summed E-state index contributed by atoms with van der Waals surface area (Å²) in [5, 5.41) is 9.58. The van der Waals surface area contributed by atoms with Gasteiger partial charge >= 0.3 is 69.2 Å². The van der Waals surface area contributed by atoms with Crippen molar-refractivity contribution in [2.24, 2.45) is 5.34 Å². The summed E-state index contributed by atoms with van der Waals surface area (Å²) in [6, 6.07) is 0. The molecule has 0 heterocycles. The summed E-state index contributed by atoms with van der Waals surface area (Å²) in [5.74, 6) is 0. The molecule has 0 aliphatic carbocycles. The van der Waals surface area contributed by atoms with Crippen LogP contribution in [0.3, 0.4) is 0 Å². The van der Waals surface area contributed by atoms with E-state index in [4.69, 9.17) is 10.2 Å². The Bertz CT molecular complexity index is 80.2. The number of rotatable bonds is 2. The van der Waals surface area contributed by atoms with E-state index < -0.39 is 0 Å². The monoisotopic (exact) mass is 152 g/mol. The molecule has 0 amide bonds. The van der Waals surface area contributed by atoms with Crippen LogP contribution in [-0.4, -0.2) is 29.6 Å². The molecule has 0 unspecified atom stereocenters. The summed E-state index contributed by atoms with van der Waals surface area (Å²) in [4.78, 5) is 10.5. The third kappa shape index (κ3) is 10.7. The molecule has 0 saturated heterocycles. The quantitative estimate of drug-likeness (QED) is 0.232. The fourth-order valence-electron chi connectivity index (χ4n) is 0.0276. The summed E-state index contributed by atoms with van der Waals surface area (Å²) < 4.78 is 3.69. The van der Waals surface area contributed by atoms with Crippen molar-refractivity contribution in [3.05, 3.63) is 4.91 Å². The van der Waals surface area contributed by atoms with Crippen LogP contribution in [0.1, 0.15) is 0 Å². The number of hydrogen-bond acceptors (Lipinski definition) is 4. The molecular weight excluding hydrogens is 151 g/mol.